The molecule has 1 unspecified atom stereocenters. The Morgan fingerprint density at radius 2 is 1.70 bits per heavy atom. The summed E-state index contributed by atoms with van der Waals surface area (Å²) in [7, 11) is 1.92. The van der Waals surface area contributed by atoms with Crippen molar-refractivity contribution in [2.24, 2.45) is 5.73 Å². The topological polar surface area (TPSA) is 29.3 Å². The molecule has 2 rings (SSSR count). The molecule has 0 saturated carbocycles. The summed E-state index contributed by atoms with van der Waals surface area (Å²) in [6.45, 7) is 2.55. The number of anilines is 1. The standard InChI is InChI=1S/C16H18F2N2/c1-11-3-6-13(7-4-11)20(2)10-16(19)12-5-8-14(17)15(18)9-12/h3-9,16H,10,19H2,1-2H3. The third kappa shape index (κ3) is 3.33. The Hall–Kier alpha value is -1.94. The van der Waals surface area contributed by atoms with Crippen LogP contribution in [0.3, 0.4) is 0 Å². The fourth-order valence-electron chi connectivity index (χ4n) is 2.05. The average Bonchev–Trinajstić information content (AvgIpc) is 2.42. The van der Waals surface area contributed by atoms with Crippen LogP contribution in [-0.4, -0.2) is 13.6 Å². The van der Waals surface area contributed by atoms with E-state index in [2.05, 4.69) is 0 Å². The second kappa shape index (κ2) is 6.01. The fraction of sp³-hybridized carbons (Fsp3) is 0.250. The maximum Gasteiger partial charge on any atom is 0.159 e. The summed E-state index contributed by atoms with van der Waals surface area (Å²) in [5, 5.41) is 0. The van der Waals surface area contributed by atoms with Gasteiger partial charge < -0.3 is 10.6 Å². The highest BCUT2D eigenvalue weighted by atomic mass is 19.2. The number of halogens is 2. The lowest BCUT2D eigenvalue weighted by molar-refractivity contribution is 0.505. The number of likely N-dealkylation sites (N-methyl/N-ethyl adjacent to an activating group) is 1. The number of aryl methyl sites for hydroxylation is 1. The lowest BCUT2D eigenvalue weighted by Crippen LogP contribution is -2.29. The molecule has 0 aliphatic heterocycles. The summed E-state index contributed by atoms with van der Waals surface area (Å²) in [4.78, 5) is 1.99. The summed E-state index contributed by atoms with van der Waals surface area (Å²) in [6.07, 6.45) is 0. The van der Waals surface area contributed by atoms with Gasteiger partial charge in [0.2, 0.25) is 0 Å². The molecular formula is C16H18F2N2. The lowest BCUT2D eigenvalue weighted by atomic mass is 10.1. The Kier molecular flexibility index (Phi) is 4.35. The Morgan fingerprint density at radius 1 is 1.05 bits per heavy atom. The van der Waals surface area contributed by atoms with Crippen LogP contribution in [0, 0.1) is 18.6 Å². The van der Waals surface area contributed by atoms with E-state index in [0.29, 0.717) is 12.1 Å². The van der Waals surface area contributed by atoms with Gasteiger partial charge in [-0.25, -0.2) is 8.78 Å². The average molecular weight is 276 g/mol. The van der Waals surface area contributed by atoms with Crippen LogP contribution >= 0.6 is 0 Å². The number of nitrogens with two attached hydrogens (primary N) is 1. The van der Waals surface area contributed by atoms with Crippen molar-refractivity contribution < 1.29 is 8.78 Å². The second-order valence-corrected chi connectivity index (χ2v) is 5.00. The second-order valence-electron chi connectivity index (χ2n) is 5.00. The highest BCUT2D eigenvalue weighted by Crippen LogP contribution is 2.19. The van der Waals surface area contributed by atoms with Gasteiger partial charge in [0.25, 0.3) is 0 Å². The van der Waals surface area contributed by atoms with E-state index in [1.807, 2.05) is 43.1 Å². The molecule has 0 spiro atoms. The number of hydrogen-bond acceptors (Lipinski definition) is 2. The van der Waals surface area contributed by atoms with Crippen LogP contribution in [0.5, 0.6) is 0 Å². The van der Waals surface area contributed by atoms with Gasteiger partial charge in [-0.1, -0.05) is 23.8 Å². The van der Waals surface area contributed by atoms with Gasteiger partial charge in [-0.15, -0.1) is 0 Å². The molecule has 0 aliphatic carbocycles. The van der Waals surface area contributed by atoms with E-state index < -0.39 is 11.6 Å². The highest BCUT2D eigenvalue weighted by Gasteiger charge is 2.12. The van der Waals surface area contributed by atoms with Gasteiger partial charge in [-0.2, -0.15) is 0 Å². The van der Waals surface area contributed by atoms with E-state index in [0.717, 1.165) is 17.8 Å². The number of hydrogen-bond donors (Lipinski definition) is 1. The molecule has 4 heteroatoms. The van der Waals surface area contributed by atoms with E-state index >= 15 is 0 Å². The predicted molar refractivity (Wildman–Crippen MR) is 77.7 cm³/mol. The van der Waals surface area contributed by atoms with Crippen molar-refractivity contribution in [1.82, 2.24) is 0 Å². The number of benzene rings is 2. The zero-order valence-electron chi connectivity index (χ0n) is 11.6. The van der Waals surface area contributed by atoms with Gasteiger partial charge in [0, 0.05) is 25.3 Å². The molecule has 2 aromatic rings. The van der Waals surface area contributed by atoms with Crippen LogP contribution in [0.1, 0.15) is 17.2 Å². The lowest BCUT2D eigenvalue weighted by Gasteiger charge is -2.24. The molecule has 0 radical (unpaired) electrons. The molecule has 0 heterocycles. The summed E-state index contributed by atoms with van der Waals surface area (Å²) < 4.78 is 26.1. The van der Waals surface area contributed by atoms with Gasteiger partial charge >= 0.3 is 0 Å². The largest absolute Gasteiger partial charge is 0.373 e. The third-order valence-corrected chi connectivity index (χ3v) is 3.32. The predicted octanol–water partition coefficient (Wildman–Crippen LogP) is 3.41. The molecule has 2 aromatic carbocycles. The monoisotopic (exact) mass is 276 g/mol. The zero-order valence-corrected chi connectivity index (χ0v) is 11.6. The Balaban J connectivity index is 2.08. The first-order valence-electron chi connectivity index (χ1n) is 6.45. The summed E-state index contributed by atoms with van der Waals surface area (Å²) in [5.41, 5.74) is 8.86. The van der Waals surface area contributed by atoms with E-state index in [1.54, 1.807) is 0 Å². The molecule has 106 valence electrons. The van der Waals surface area contributed by atoms with Gasteiger partial charge in [-0.3, -0.25) is 0 Å². The Morgan fingerprint density at radius 3 is 2.30 bits per heavy atom. The zero-order chi connectivity index (χ0) is 14.7. The molecule has 20 heavy (non-hydrogen) atoms. The molecule has 0 saturated heterocycles. The molecule has 2 nitrogen and oxygen atoms in total. The maximum atomic E-state index is 13.2. The molecule has 0 aromatic heterocycles. The van der Waals surface area contributed by atoms with Gasteiger partial charge in [-0.05, 0) is 36.8 Å². The van der Waals surface area contributed by atoms with Crippen LogP contribution in [0.15, 0.2) is 42.5 Å². The molecule has 2 N–H and O–H groups in total. The van der Waals surface area contributed by atoms with Crippen molar-refractivity contribution in [2.45, 2.75) is 13.0 Å². The highest BCUT2D eigenvalue weighted by molar-refractivity contribution is 5.47. The van der Waals surface area contributed by atoms with Crippen molar-refractivity contribution in [1.29, 1.82) is 0 Å². The summed E-state index contributed by atoms with van der Waals surface area (Å²) in [6, 6.07) is 11.5. The summed E-state index contributed by atoms with van der Waals surface area (Å²) >= 11 is 0. The minimum Gasteiger partial charge on any atom is -0.373 e. The smallest absolute Gasteiger partial charge is 0.159 e. The normalized spacial score (nSPS) is 12.2. The van der Waals surface area contributed by atoms with Gasteiger partial charge in [0.15, 0.2) is 11.6 Å². The first-order valence-corrected chi connectivity index (χ1v) is 6.45. The van der Waals surface area contributed by atoms with Crippen LogP contribution < -0.4 is 10.6 Å². The summed E-state index contributed by atoms with van der Waals surface area (Å²) in [5.74, 6) is -1.72. The van der Waals surface area contributed by atoms with Gasteiger partial charge in [0.05, 0.1) is 0 Å². The molecular weight excluding hydrogens is 258 g/mol. The van der Waals surface area contributed by atoms with Gasteiger partial charge in [0.1, 0.15) is 0 Å². The molecule has 0 fully saturated rings. The first-order chi connectivity index (χ1) is 9.47. The van der Waals surface area contributed by atoms with Crippen molar-refractivity contribution >= 4 is 5.69 Å². The van der Waals surface area contributed by atoms with Crippen molar-refractivity contribution in [3.8, 4) is 0 Å². The van der Waals surface area contributed by atoms with E-state index in [1.165, 1.54) is 11.6 Å². The van der Waals surface area contributed by atoms with Crippen LogP contribution in [0.2, 0.25) is 0 Å². The first kappa shape index (κ1) is 14.5. The van der Waals surface area contributed by atoms with E-state index in [9.17, 15) is 8.78 Å². The van der Waals surface area contributed by atoms with Crippen molar-refractivity contribution in [3.05, 3.63) is 65.2 Å². The van der Waals surface area contributed by atoms with Crippen molar-refractivity contribution in [3.63, 3.8) is 0 Å². The van der Waals surface area contributed by atoms with E-state index in [4.69, 9.17) is 5.73 Å². The van der Waals surface area contributed by atoms with Crippen LogP contribution in [-0.2, 0) is 0 Å². The fourth-order valence-corrected chi connectivity index (χ4v) is 2.05. The number of nitrogens with zero attached hydrogens (tertiary/aromatic N) is 1. The van der Waals surface area contributed by atoms with Crippen LogP contribution in [0.4, 0.5) is 14.5 Å². The molecule has 0 bridgehead atoms. The third-order valence-electron chi connectivity index (χ3n) is 3.32. The van der Waals surface area contributed by atoms with E-state index in [-0.39, 0.29) is 6.04 Å². The maximum absolute atomic E-state index is 13.2. The molecule has 1 atom stereocenters. The minimum atomic E-state index is -0.865. The van der Waals surface area contributed by atoms with Crippen molar-refractivity contribution in [2.75, 3.05) is 18.5 Å². The Bertz CT molecular complexity index is 582. The quantitative estimate of drug-likeness (QED) is 0.927. The SMILES string of the molecule is Cc1ccc(N(C)CC(N)c2ccc(F)c(F)c2)cc1. The number of rotatable bonds is 4. The molecule has 0 aliphatic rings. The molecule has 0 amide bonds. The van der Waals surface area contributed by atoms with Crippen LogP contribution in [0.25, 0.3) is 0 Å². The Labute approximate surface area is 117 Å². The minimum absolute atomic E-state index is 0.378.